The average Bonchev–Trinajstić information content (AvgIpc) is 2.94. The van der Waals surface area contributed by atoms with Crippen LogP contribution in [0.3, 0.4) is 0 Å². The Kier molecular flexibility index (Phi) is 4.17. The van der Waals surface area contributed by atoms with E-state index in [2.05, 4.69) is 16.4 Å². The monoisotopic (exact) mass is 343 g/mol. The minimum atomic E-state index is -0.255. The van der Waals surface area contributed by atoms with E-state index < -0.39 is 0 Å². The number of morpholine rings is 1. The standard InChI is InChI=1S/C19H25N3O3/c1-13-9-15-10-16(3-4-17(15)20-13)21-18(23)22-11-14(2)25-19(12-22)5-7-24-8-6-19/h3-4,9-10,14,20H,5-8,11-12H2,1-2H3,(H,21,23). The molecule has 25 heavy (non-hydrogen) atoms. The first-order chi connectivity index (χ1) is 12.0. The lowest BCUT2D eigenvalue weighted by Crippen LogP contribution is -2.59. The van der Waals surface area contributed by atoms with Gasteiger partial charge in [-0.25, -0.2) is 4.79 Å². The van der Waals surface area contributed by atoms with Crippen LogP contribution in [0.15, 0.2) is 24.3 Å². The first-order valence-electron chi connectivity index (χ1n) is 8.94. The SMILES string of the molecule is Cc1cc2cc(NC(=O)N3CC(C)OC4(CCOCC4)C3)ccc2[nH]1. The fraction of sp³-hybridized carbons (Fsp3) is 0.526. The Morgan fingerprint density at radius 1 is 1.32 bits per heavy atom. The van der Waals surface area contributed by atoms with Crippen molar-refractivity contribution in [1.82, 2.24) is 9.88 Å². The average molecular weight is 343 g/mol. The molecule has 2 aliphatic rings. The summed E-state index contributed by atoms with van der Waals surface area (Å²) in [5, 5.41) is 4.15. The number of aromatic nitrogens is 1. The third kappa shape index (κ3) is 3.37. The number of amides is 2. The quantitative estimate of drug-likeness (QED) is 0.835. The number of nitrogens with one attached hydrogen (secondary N) is 2. The molecule has 6 nitrogen and oxygen atoms in total. The first-order valence-corrected chi connectivity index (χ1v) is 8.94. The van der Waals surface area contributed by atoms with E-state index in [0.717, 1.165) is 35.1 Å². The number of rotatable bonds is 1. The lowest BCUT2D eigenvalue weighted by atomic mass is 9.91. The molecule has 2 N–H and O–H groups in total. The number of urea groups is 1. The van der Waals surface area contributed by atoms with Crippen molar-refractivity contribution in [2.75, 3.05) is 31.6 Å². The van der Waals surface area contributed by atoms with E-state index in [9.17, 15) is 4.79 Å². The molecule has 0 bridgehead atoms. The zero-order chi connectivity index (χ0) is 17.4. The second kappa shape index (κ2) is 6.35. The molecule has 2 saturated heterocycles. The van der Waals surface area contributed by atoms with Gasteiger partial charge in [0.1, 0.15) is 0 Å². The first kappa shape index (κ1) is 16.4. The molecule has 134 valence electrons. The topological polar surface area (TPSA) is 66.6 Å². The number of carbonyl (C=O) groups is 1. The summed E-state index contributed by atoms with van der Waals surface area (Å²) in [6.45, 7) is 6.70. The minimum absolute atomic E-state index is 0.0346. The van der Waals surface area contributed by atoms with Gasteiger partial charge in [0.2, 0.25) is 0 Å². The number of anilines is 1. The number of hydrogen-bond donors (Lipinski definition) is 2. The molecule has 0 saturated carbocycles. The molecule has 2 aliphatic heterocycles. The molecule has 0 radical (unpaired) electrons. The molecule has 6 heteroatoms. The highest BCUT2D eigenvalue weighted by atomic mass is 16.5. The Morgan fingerprint density at radius 2 is 2.12 bits per heavy atom. The molecule has 3 heterocycles. The zero-order valence-corrected chi connectivity index (χ0v) is 14.8. The van der Waals surface area contributed by atoms with Gasteiger partial charge >= 0.3 is 6.03 Å². The van der Waals surface area contributed by atoms with Crippen molar-refractivity contribution in [2.24, 2.45) is 0 Å². The number of nitrogens with zero attached hydrogens (tertiary/aromatic N) is 1. The Balaban J connectivity index is 1.48. The number of aromatic amines is 1. The molecular weight excluding hydrogens is 318 g/mol. The predicted molar refractivity (Wildman–Crippen MR) is 97.0 cm³/mol. The highest BCUT2D eigenvalue weighted by molar-refractivity contribution is 5.93. The number of H-pyrrole nitrogens is 1. The van der Waals surface area contributed by atoms with E-state index in [1.54, 1.807) is 0 Å². The minimum Gasteiger partial charge on any atom is -0.381 e. The number of aryl methyl sites for hydroxylation is 1. The van der Waals surface area contributed by atoms with Crippen molar-refractivity contribution in [3.8, 4) is 0 Å². The summed E-state index contributed by atoms with van der Waals surface area (Å²) < 4.78 is 11.7. The lowest BCUT2D eigenvalue weighted by Gasteiger charge is -2.47. The summed E-state index contributed by atoms with van der Waals surface area (Å²) in [5.41, 5.74) is 2.75. The van der Waals surface area contributed by atoms with Gasteiger partial charge in [-0.05, 0) is 38.1 Å². The fourth-order valence-corrected chi connectivity index (χ4v) is 3.96. The smallest absolute Gasteiger partial charge is 0.322 e. The van der Waals surface area contributed by atoms with Gasteiger partial charge in [0.25, 0.3) is 0 Å². The maximum Gasteiger partial charge on any atom is 0.322 e. The van der Waals surface area contributed by atoms with Crippen LogP contribution in [0.1, 0.15) is 25.5 Å². The van der Waals surface area contributed by atoms with Gasteiger partial charge in [-0.2, -0.15) is 0 Å². The van der Waals surface area contributed by atoms with E-state index in [0.29, 0.717) is 26.3 Å². The fourth-order valence-electron chi connectivity index (χ4n) is 3.96. The van der Waals surface area contributed by atoms with E-state index >= 15 is 0 Å². The number of carbonyl (C=O) groups excluding carboxylic acids is 1. The summed E-state index contributed by atoms with van der Waals surface area (Å²) in [5.74, 6) is 0. The van der Waals surface area contributed by atoms with Crippen LogP contribution in [0.4, 0.5) is 10.5 Å². The van der Waals surface area contributed by atoms with E-state index in [4.69, 9.17) is 9.47 Å². The van der Waals surface area contributed by atoms with Crippen molar-refractivity contribution in [1.29, 1.82) is 0 Å². The molecule has 1 unspecified atom stereocenters. The molecular formula is C19H25N3O3. The Hall–Kier alpha value is -2.05. The summed E-state index contributed by atoms with van der Waals surface area (Å²) in [7, 11) is 0. The lowest BCUT2D eigenvalue weighted by molar-refractivity contribution is -0.174. The van der Waals surface area contributed by atoms with Crippen LogP contribution < -0.4 is 5.32 Å². The van der Waals surface area contributed by atoms with Crippen LogP contribution >= 0.6 is 0 Å². The normalized spacial score (nSPS) is 23.1. The number of fused-ring (bicyclic) bond motifs is 1. The molecule has 1 aromatic heterocycles. The van der Waals surface area contributed by atoms with E-state index in [1.807, 2.05) is 36.9 Å². The molecule has 1 spiro atoms. The second-order valence-corrected chi connectivity index (χ2v) is 7.29. The largest absolute Gasteiger partial charge is 0.381 e. The Bertz CT molecular complexity index is 779. The van der Waals surface area contributed by atoms with E-state index in [1.165, 1.54) is 0 Å². The summed E-state index contributed by atoms with van der Waals surface area (Å²) in [6.07, 6.45) is 1.72. The predicted octanol–water partition coefficient (Wildman–Crippen LogP) is 3.28. The Morgan fingerprint density at radius 3 is 2.92 bits per heavy atom. The third-order valence-corrected chi connectivity index (χ3v) is 5.11. The van der Waals surface area contributed by atoms with Crippen molar-refractivity contribution in [2.45, 2.75) is 38.4 Å². The van der Waals surface area contributed by atoms with Gasteiger partial charge in [-0.15, -0.1) is 0 Å². The molecule has 1 aromatic carbocycles. The zero-order valence-electron chi connectivity index (χ0n) is 14.8. The molecule has 0 aliphatic carbocycles. The van der Waals surface area contributed by atoms with Crippen molar-refractivity contribution in [3.05, 3.63) is 30.0 Å². The van der Waals surface area contributed by atoms with Gasteiger partial charge < -0.3 is 24.7 Å². The van der Waals surface area contributed by atoms with Crippen LogP contribution in [0.5, 0.6) is 0 Å². The number of benzene rings is 1. The highest BCUT2D eigenvalue weighted by Gasteiger charge is 2.42. The summed E-state index contributed by atoms with van der Waals surface area (Å²) in [6, 6.07) is 7.96. The van der Waals surface area contributed by atoms with Gasteiger partial charge in [0, 0.05) is 54.9 Å². The molecule has 2 aromatic rings. The van der Waals surface area contributed by atoms with Crippen LogP contribution in [-0.2, 0) is 9.47 Å². The van der Waals surface area contributed by atoms with Crippen molar-refractivity contribution >= 4 is 22.6 Å². The van der Waals surface area contributed by atoms with E-state index in [-0.39, 0.29) is 17.7 Å². The van der Waals surface area contributed by atoms with Crippen LogP contribution in [0, 0.1) is 6.92 Å². The van der Waals surface area contributed by atoms with Crippen molar-refractivity contribution in [3.63, 3.8) is 0 Å². The van der Waals surface area contributed by atoms with Gasteiger partial charge in [0.15, 0.2) is 0 Å². The molecule has 2 amide bonds. The van der Waals surface area contributed by atoms with Crippen LogP contribution in [-0.4, -0.2) is 53.9 Å². The van der Waals surface area contributed by atoms with Gasteiger partial charge in [-0.3, -0.25) is 0 Å². The molecule has 1 atom stereocenters. The highest BCUT2D eigenvalue weighted by Crippen LogP contribution is 2.31. The van der Waals surface area contributed by atoms with Crippen LogP contribution in [0.25, 0.3) is 10.9 Å². The molecule has 4 rings (SSSR count). The Labute approximate surface area is 147 Å². The third-order valence-electron chi connectivity index (χ3n) is 5.11. The molecule has 2 fully saturated rings. The van der Waals surface area contributed by atoms with Crippen LogP contribution in [0.2, 0.25) is 0 Å². The number of ether oxygens (including phenoxy) is 2. The van der Waals surface area contributed by atoms with Gasteiger partial charge in [-0.1, -0.05) is 0 Å². The van der Waals surface area contributed by atoms with Crippen molar-refractivity contribution < 1.29 is 14.3 Å². The maximum atomic E-state index is 12.8. The second-order valence-electron chi connectivity index (χ2n) is 7.29. The maximum absolute atomic E-state index is 12.8. The summed E-state index contributed by atoms with van der Waals surface area (Å²) in [4.78, 5) is 18.0. The summed E-state index contributed by atoms with van der Waals surface area (Å²) >= 11 is 0. The van der Waals surface area contributed by atoms with Gasteiger partial charge in [0.05, 0.1) is 18.2 Å². The number of hydrogen-bond acceptors (Lipinski definition) is 3.